The van der Waals surface area contributed by atoms with Crippen LogP contribution in [0.25, 0.3) is 0 Å². The second kappa shape index (κ2) is 11.9. The van der Waals surface area contributed by atoms with Gasteiger partial charge < -0.3 is 19.1 Å². The minimum absolute atomic E-state index is 0.0622. The number of sulfonamides is 1. The molecule has 0 N–H and O–H groups in total. The number of nitrogens with zero attached hydrogens (tertiary/aromatic N) is 2. The Balaban J connectivity index is 1.85. The third-order valence-corrected chi connectivity index (χ3v) is 7.34. The van der Waals surface area contributed by atoms with Gasteiger partial charge in [-0.25, -0.2) is 12.8 Å². The number of carbonyl (C=O) groups excluding carboxylic acids is 1. The molecule has 0 aliphatic heterocycles. The van der Waals surface area contributed by atoms with Crippen LogP contribution in [0.3, 0.4) is 0 Å². The monoisotopic (exact) mass is 516 g/mol. The molecule has 3 rings (SSSR count). The van der Waals surface area contributed by atoms with Gasteiger partial charge in [-0.15, -0.1) is 0 Å². The van der Waals surface area contributed by atoms with E-state index in [1.165, 1.54) is 62.6 Å². The average Bonchev–Trinajstić information content (AvgIpc) is 2.89. The van der Waals surface area contributed by atoms with E-state index in [1.54, 1.807) is 37.4 Å². The number of hydrogen-bond donors (Lipinski definition) is 0. The molecule has 0 aromatic heterocycles. The van der Waals surface area contributed by atoms with Gasteiger partial charge in [0.25, 0.3) is 0 Å². The highest BCUT2D eigenvalue weighted by atomic mass is 32.2. The van der Waals surface area contributed by atoms with Crippen LogP contribution in [-0.4, -0.2) is 58.5 Å². The van der Waals surface area contributed by atoms with E-state index >= 15 is 0 Å². The van der Waals surface area contributed by atoms with E-state index in [0.29, 0.717) is 28.4 Å². The molecule has 0 atom stereocenters. The zero-order valence-corrected chi connectivity index (χ0v) is 21.4. The van der Waals surface area contributed by atoms with E-state index in [2.05, 4.69) is 0 Å². The number of likely N-dealkylation sites (N-methyl/N-ethyl adjacent to an activating group) is 1. The molecule has 0 saturated carbocycles. The van der Waals surface area contributed by atoms with Gasteiger partial charge in [0.2, 0.25) is 21.7 Å². The standard InChI is InChI=1S/C26H29FN2O6S/c1-28(16-20-14-23(33-2)26(35-4)24(15-20)34-3)25(30)18-29(17-19-10-12-21(27)13-11-19)36(31,32)22-8-6-5-7-9-22/h5-15H,16-18H2,1-4H3. The predicted octanol–water partition coefficient (Wildman–Crippen LogP) is 3.70. The third-order valence-electron chi connectivity index (χ3n) is 5.53. The van der Waals surface area contributed by atoms with Crippen LogP contribution in [-0.2, 0) is 27.9 Å². The maximum atomic E-state index is 13.4. The fourth-order valence-electron chi connectivity index (χ4n) is 3.62. The van der Waals surface area contributed by atoms with Crippen LogP contribution in [0.15, 0.2) is 71.6 Å². The molecule has 0 saturated heterocycles. The van der Waals surface area contributed by atoms with E-state index in [9.17, 15) is 17.6 Å². The molecule has 36 heavy (non-hydrogen) atoms. The molecule has 3 aromatic rings. The average molecular weight is 517 g/mol. The van der Waals surface area contributed by atoms with Crippen LogP contribution in [0.2, 0.25) is 0 Å². The summed E-state index contributed by atoms with van der Waals surface area (Å²) in [5, 5.41) is 0. The molecule has 1 amide bonds. The topological polar surface area (TPSA) is 85.4 Å². The van der Waals surface area contributed by atoms with Gasteiger partial charge in [-0.2, -0.15) is 4.31 Å². The van der Waals surface area contributed by atoms with E-state index in [1.807, 2.05) is 0 Å². The van der Waals surface area contributed by atoms with Crippen LogP contribution in [0.4, 0.5) is 4.39 Å². The lowest BCUT2D eigenvalue weighted by Crippen LogP contribution is -2.40. The maximum absolute atomic E-state index is 13.4. The van der Waals surface area contributed by atoms with Gasteiger partial charge in [-0.3, -0.25) is 4.79 Å². The molecule has 0 aliphatic carbocycles. The first kappa shape index (κ1) is 27.0. The van der Waals surface area contributed by atoms with Gasteiger partial charge in [0.1, 0.15) is 5.82 Å². The van der Waals surface area contributed by atoms with E-state index in [-0.39, 0.29) is 18.0 Å². The number of rotatable bonds is 11. The Hall–Kier alpha value is -3.63. The van der Waals surface area contributed by atoms with Crippen molar-refractivity contribution in [3.05, 3.63) is 83.7 Å². The van der Waals surface area contributed by atoms with Crippen molar-refractivity contribution in [1.82, 2.24) is 9.21 Å². The summed E-state index contributed by atoms with van der Waals surface area (Å²) in [5.41, 5.74) is 1.26. The molecular formula is C26H29FN2O6S. The van der Waals surface area contributed by atoms with Crippen LogP contribution in [0.5, 0.6) is 17.2 Å². The van der Waals surface area contributed by atoms with Crippen molar-refractivity contribution in [2.45, 2.75) is 18.0 Å². The number of methoxy groups -OCH3 is 3. The van der Waals surface area contributed by atoms with Crippen LogP contribution in [0.1, 0.15) is 11.1 Å². The Morgan fingerprint density at radius 1 is 0.833 bits per heavy atom. The molecule has 0 unspecified atom stereocenters. The summed E-state index contributed by atoms with van der Waals surface area (Å²) in [5.74, 6) is 0.453. The summed E-state index contributed by atoms with van der Waals surface area (Å²) in [6.07, 6.45) is 0. The van der Waals surface area contributed by atoms with Gasteiger partial charge in [0.15, 0.2) is 11.5 Å². The predicted molar refractivity (Wildman–Crippen MR) is 133 cm³/mol. The summed E-state index contributed by atoms with van der Waals surface area (Å²) < 4.78 is 57.3. The van der Waals surface area contributed by atoms with Crippen LogP contribution < -0.4 is 14.2 Å². The SMILES string of the molecule is COc1cc(CN(C)C(=O)CN(Cc2ccc(F)cc2)S(=O)(=O)c2ccccc2)cc(OC)c1OC. The van der Waals surface area contributed by atoms with Crippen molar-refractivity contribution < 1.29 is 31.8 Å². The fraction of sp³-hybridized carbons (Fsp3) is 0.269. The first-order valence-corrected chi connectivity index (χ1v) is 12.5. The zero-order valence-electron chi connectivity index (χ0n) is 20.6. The summed E-state index contributed by atoms with van der Waals surface area (Å²) in [7, 11) is 2.07. The van der Waals surface area contributed by atoms with Crippen molar-refractivity contribution in [2.24, 2.45) is 0 Å². The second-order valence-electron chi connectivity index (χ2n) is 8.00. The Morgan fingerprint density at radius 2 is 1.42 bits per heavy atom. The lowest BCUT2D eigenvalue weighted by atomic mass is 10.1. The first-order chi connectivity index (χ1) is 17.2. The highest BCUT2D eigenvalue weighted by Gasteiger charge is 2.28. The summed E-state index contributed by atoms with van der Waals surface area (Å²) in [6, 6.07) is 16.8. The van der Waals surface area contributed by atoms with Gasteiger partial charge in [0.05, 0.1) is 32.8 Å². The van der Waals surface area contributed by atoms with Crippen molar-refractivity contribution in [2.75, 3.05) is 34.9 Å². The largest absolute Gasteiger partial charge is 0.493 e. The molecule has 0 fully saturated rings. The second-order valence-corrected chi connectivity index (χ2v) is 9.93. The molecular weight excluding hydrogens is 487 g/mol. The molecule has 10 heteroatoms. The maximum Gasteiger partial charge on any atom is 0.243 e. The van der Waals surface area contributed by atoms with Gasteiger partial charge in [-0.1, -0.05) is 30.3 Å². The van der Waals surface area contributed by atoms with Crippen LogP contribution in [0, 0.1) is 5.82 Å². The Labute approximate surface area is 210 Å². The van der Waals surface area contributed by atoms with E-state index < -0.39 is 28.3 Å². The van der Waals surface area contributed by atoms with Crippen molar-refractivity contribution >= 4 is 15.9 Å². The highest BCUT2D eigenvalue weighted by Crippen LogP contribution is 2.38. The Kier molecular flexibility index (Phi) is 8.89. The number of halogens is 1. The zero-order chi connectivity index (χ0) is 26.3. The minimum Gasteiger partial charge on any atom is -0.493 e. The third kappa shape index (κ3) is 6.32. The molecule has 0 spiro atoms. The van der Waals surface area contributed by atoms with E-state index in [0.717, 1.165) is 4.31 Å². The van der Waals surface area contributed by atoms with E-state index in [4.69, 9.17) is 14.2 Å². The Bertz CT molecular complexity index is 1260. The lowest BCUT2D eigenvalue weighted by molar-refractivity contribution is -0.130. The van der Waals surface area contributed by atoms with Crippen molar-refractivity contribution in [3.8, 4) is 17.2 Å². The quantitative estimate of drug-likeness (QED) is 0.386. The molecule has 8 nitrogen and oxygen atoms in total. The highest BCUT2D eigenvalue weighted by molar-refractivity contribution is 7.89. The summed E-state index contributed by atoms with van der Waals surface area (Å²) in [4.78, 5) is 14.7. The molecule has 0 heterocycles. The van der Waals surface area contributed by atoms with Crippen LogP contribution >= 0.6 is 0 Å². The first-order valence-electron chi connectivity index (χ1n) is 11.0. The van der Waals surface area contributed by atoms with Crippen molar-refractivity contribution in [1.29, 1.82) is 0 Å². The number of ether oxygens (including phenoxy) is 3. The Morgan fingerprint density at radius 3 is 1.94 bits per heavy atom. The van der Waals surface area contributed by atoms with Gasteiger partial charge in [0, 0.05) is 20.1 Å². The minimum atomic E-state index is -4.01. The molecule has 0 aliphatic rings. The number of benzene rings is 3. The summed E-state index contributed by atoms with van der Waals surface area (Å²) in [6.45, 7) is -0.331. The number of carbonyl (C=O) groups is 1. The molecule has 0 radical (unpaired) electrons. The molecule has 0 bridgehead atoms. The normalized spacial score (nSPS) is 11.3. The van der Waals surface area contributed by atoms with Gasteiger partial charge in [-0.05, 0) is 47.5 Å². The number of hydrogen-bond acceptors (Lipinski definition) is 6. The summed E-state index contributed by atoms with van der Waals surface area (Å²) >= 11 is 0. The molecule has 192 valence electrons. The fourth-order valence-corrected chi connectivity index (χ4v) is 5.02. The van der Waals surface area contributed by atoms with Crippen molar-refractivity contribution in [3.63, 3.8) is 0 Å². The molecule has 3 aromatic carbocycles. The number of amides is 1. The smallest absolute Gasteiger partial charge is 0.243 e. The van der Waals surface area contributed by atoms with Gasteiger partial charge >= 0.3 is 0 Å². The lowest BCUT2D eigenvalue weighted by Gasteiger charge is -2.25.